The third-order valence-electron chi connectivity index (χ3n) is 5.71. The summed E-state index contributed by atoms with van der Waals surface area (Å²) in [5.41, 5.74) is 1.15. The highest BCUT2D eigenvalue weighted by atomic mass is 19.1. The van der Waals surface area contributed by atoms with E-state index in [2.05, 4.69) is 10.3 Å². The monoisotopic (exact) mass is 447 g/mol. The second-order valence-corrected chi connectivity index (χ2v) is 8.13. The predicted octanol–water partition coefficient (Wildman–Crippen LogP) is 2.92. The zero-order chi connectivity index (χ0) is 23.1. The number of nitrogens with one attached hydrogen (secondary N) is 1. The Morgan fingerprint density at radius 1 is 1.00 bits per heavy atom. The van der Waals surface area contributed by atoms with Crippen LogP contribution >= 0.6 is 0 Å². The van der Waals surface area contributed by atoms with Crippen molar-refractivity contribution in [1.29, 1.82) is 0 Å². The van der Waals surface area contributed by atoms with Crippen molar-refractivity contribution in [1.82, 2.24) is 15.2 Å². The number of ether oxygens (including phenoxy) is 1. The minimum Gasteiger partial charge on any atom is -0.361 e. The summed E-state index contributed by atoms with van der Waals surface area (Å²) in [6.07, 6.45) is 2.05. The molecular weight excluding hydrogens is 421 g/mol. The van der Waals surface area contributed by atoms with Crippen LogP contribution in [0.15, 0.2) is 79.0 Å². The lowest BCUT2D eigenvalue weighted by Crippen LogP contribution is -2.62. The summed E-state index contributed by atoms with van der Waals surface area (Å²) < 4.78 is 19.3. The van der Waals surface area contributed by atoms with Crippen LogP contribution in [0.4, 0.5) is 4.39 Å². The van der Waals surface area contributed by atoms with Crippen molar-refractivity contribution in [2.45, 2.75) is 25.0 Å². The summed E-state index contributed by atoms with van der Waals surface area (Å²) in [6, 6.07) is 21.0. The molecule has 33 heavy (non-hydrogen) atoms. The SMILES string of the molecule is O=C(Cc1ccc(F)cc1)N1CCOC(Cc2ccccn2)(C(=O)NCc2ccccc2)C1. The average Bonchev–Trinajstić information content (AvgIpc) is 2.85. The molecule has 1 N–H and O–H groups in total. The number of hydrogen-bond acceptors (Lipinski definition) is 4. The van der Waals surface area contributed by atoms with Crippen LogP contribution in [0.5, 0.6) is 0 Å². The topological polar surface area (TPSA) is 71.5 Å². The molecule has 6 nitrogen and oxygen atoms in total. The average molecular weight is 448 g/mol. The maximum Gasteiger partial charge on any atom is 0.254 e. The lowest BCUT2D eigenvalue weighted by atomic mass is 9.93. The molecule has 7 heteroatoms. The van der Waals surface area contributed by atoms with Crippen LogP contribution in [0.25, 0.3) is 0 Å². The molecule has 1 saturated heterocycles. The van der Waals surface area contributed by atoms with Crippen LogP contribution in [-0.4, -0.2) is 47.0 Å². The first kappa shape index (κ1) is 22.6. The molecule has 1 atom stereocenters. The molecule has 1 aliphatic rings. The maximum atomic E-state index is 13.4. The van der Waals surface area contributed by atoms with E-state index in [-0.39, 0.29) is 43.6 Å². The fourth-order valence-corrected chi connectivity index (χ4v) is 3.94. The molecule has 2 amide bonds. The van der Waals surface area contributed by atoms with E-state index in [0.717, 1.165) is 11.1 Å². The van der Waals surface area contributed by atoms with Crippen molar-refractivity contribution in [2.75, 3.05) is 19.7 Å². The number of carbonyl (C=O) groups is 2. The Bertz CT molecular complexity index is 1080. The van der Waals surface area contributed by atoms with E-state index in [1.165, 1.54) is 12.1 Å². The fourth-order valence-electron chi connectivity index (χ4n) is 3.94. The van der Waals surface area contributed by atoms with Gasteiger partial charge < -0.3 is 15.0 Å². The molecule has 0 aliphatic carbocycles. The van der Waals surface area contributed by atoms with E-state index < -0.39 is 5.60 Å². The van der Waals surface area contributed by atoms with Crippen molar-refractivity contribution < 1.29 is 18.7 Å². The molecule has 0 saturated carbocycles. The van der Waals surface area contributed by atoms with Gasteiger partial charge in [-0.05, 0) is 35.4 Å². The summed E-state index contributed by atoms with van der Waals surface area (Å²) in [5.74, 6) is -0.760. The van der Waals surface area contributed by atoms with E-state index in [1.807, 2.05) is 48.5 Å². The molecule has 0 bridgehead atoms. The van der Waals surface area contributed by atoms with Crippen molar-refractivity contribution in [2.24, 2.45) is 0 Å². The van der Waals surface area contributed by atoms with Crippen LogP contribution in [0.1, 0.15) is 16.8 Å². The fraction of sp³-hybridized carbons (Fsp3) is 0.269. The molecule has 3 aromatic rings. The summed E-state index contributed by atoms with van der Waals surface area (Å²) in [4.78, 5) is 32.5. The van der Waals surface area contributed by atoms with Gasteiger partial charge in [-0.25, -0.2) is 4.39 Å². The first-order chi connectivity index (χ1) is 16.0. The Kier molecular flexibility index (Phi) is 7.10. The molecule has 2 aromatic carbocycles. The van der Waals surface area contributed by atoms with E-state index in [4.69, 9.17) is 4.74 Å². The standard InChI is InChI=1S/C26H26FN3O3/c27-22-11-9-20(10-12-22)16-24(31)30-14-15-33-26(19-30,17-23-8-4-5-13-28-23)25(32)29-18-21-6-2-1-3-7-21/h1-13H,14-19H2,(H,29,32). The quantitative estimate of drug-likeness (QED) is 0.605. The highest BCUT2D eigenvalue weighted by molar-refractivity contribution is 5.87. The van der Waals surface area contributed by atoms with Crippen molar-refractivity contribution >= 4 is 11.8 Å². The number of hydrogen-bond donors (Lipinski definition) is 1. The molecular formula is C26H26FN3O3. The van der Waals surface area contributed by atoms with Crippen LogP contribution in [0.2, 0.25) is 0 Å². The number of nitrogens with zero attached hydrogens (tertiary/aromatic N) is 2. The third kappa shape index (κ3) is 5.81. The van der Waals surface area contributed by atoms with Gasteiger partial charge in [-0.15, -0.1) is 0 Å². The van der Waals surface area contributed by atoms with Gasteiger partial charge >= 0.3 is 0 Å². The molecule has 1 aromatic heterocycles. The summed E-state index contributed by atoms with van der Waals surface area (Å²) in [6.45, 7) is 1.09. The van der Waals surface area contributed by atoms with Gasteiger partial charge in [0.25, 0.3) is 5.91 Å². The number of aromatic nitrogens is 1. The number of rotatable bonds is 7. The molecule has 170 valence electrons. The molecule has 0 radical (unpaired) electrons. The Morgan fingerprint density at radius 3 is 2.48 bits per heavy atom. The van der Waals surface area contributed by atoms with Gasteiger partial charge in [-0.2, -0.15) is 0 Å². The lowest BCUT2D eigenvalue weighted by Gasteiger charge is -2.41. The van der Waals surface area contributed by atoms with Crippen LogP contribution in [0, 0.1) is 5.82 Å². The second-order valence-electron chi connectivity index (χ2n) is 8.13. The highest BCUT2D eigenvalue weighted by Gasteiger charge is 2.45. The molecule has 2 heterocycles. The Morgan fingerprint density at radius 2 is 1.76 bits per heavy atom. The summed E-state index contributed by atoms with van der Waals surface area (Å²) in [7, 11) is 0. The van der Waals surface area contributed by atoms with Crippen molar-refractivity contribution in [3.05, 3.63) is 102 Å². The molecule has 0 spiro atoms. The largest absolute Gasteiger partial charge is 0.361 e. The van der Waals surface area contributed by atoms with Gasteiger partial charge in [0.1, 0.15) is 5.82 Å². The van der Waals surface area contributed by atoms with E-state index in [0.29, 0.717) is 18.8 Å². The van der Waals surface area contributed by atoms with Gasteiger partial charge in [0.2, 0.25) is 5.91 Å². The Hall–Kier alpha value is -3.58. The first-order valence-corrected chi connectivity index (χ1v) is 10.9. The smallest absolute Gasteiger partial charge is 0.254 e. The molecule has 1 fully saturated rings. The van der Waals surface area contributed by atoms with Crippen LogP contribution in [-0.2, 0) is 33.7 Å². The first-order valence-electron chi connectivity index (χ1n) is 10.9. The molecule has 4 rings (SSSR count). The Labute approximate surface area is 192 Å². The van der Waals surface area contributed by atoms with E-state index in [1.54, 1.807) is 23.2 Å². The van der Waals surface area contributed by atoms with Crippen LogP contribution < -0.4 is 5.32 Å². The van der Waals surface area contributed by atoms with Gasteiger partial charge in [-0.3, -0.25) is 14.6 Å². The van der Waals surface area contributed by atoms with Gasteiger partial charge in [0, 0.05) is 31.4 Å². The second kappa shape index (κ2) is 10.4. The zero-order valence-electron chi connectivity index (χ0n) is 18.2. The predicted molar refractivity (Wildman–Crippen MR) is 122 cm³/mol. The number of halogens is 1. The minimum absolute atomic E-state index is 0.115. The minimum atomic E-state index is -1.25. The van der Waals surface area contributed by atoms with Gasteiger partial charge in [-0.1, -0.05) is 48.5 Å². The van der Waals surface area contributed by atoms with Gasteiger partial charge in [0.05, 0.1) is 19.6 Å². The normalized spacial score (nSPS) is 18.0. The number of amides is 2. The molecule has 1 unspecified atom stereocenters. The van der Waals surface area contributed by atoms with E-state index in [9.17, 15) is 14.0 Å². The lowest BCUT2D eigenvalue weighted by molar-refractivity contribution is -0.166. The summed E-state index contributed by atoms with van der Waals surface area (Å²) >= 11 is 0. The maximum absolute atomic E-state index is 13.4. The van der Waals surface area contributed by atoms with Crippen molar-refractivity contribution in [3.8, 4) is 0 Å². The van der Waals surface area contributed by atoms with Crippen molar-refractivity contribution in [3.63, 3.8) is 0 Å². The van der Waals surface area contributed by atoms with E-state index >= 15 is 0 Å². The number of morpholine rings is 1. The van der Waals surface area contributed by atoms with Crippen LogP contribution in [0.3, 0.4) is 0 Å². The highest BCUT2D eigenvalue weighted by Crippen LogP contribution is 2.24. The zero-order valence-corrected chi connectivity index (χ0v) is 18.2. The third-order valence-corrected chi connectivity index (χ3v) is 5.71. The molecule has 1 aliphatic heterocycles. The number of pyridine rings is 1. The van der Waals surface area contributed by atoms with Gasteiger partial charge in [0.15, 0.2) is 5.60 Å². The summed E-state index contributed by atoms with van der Waals surface area (Å²) in [5, 5.41) is 2.97. The number of carbonyl (C=O) groups excluding carboxylic acids is 2. The number of benzene rings is 2. The Balaban J connectivity index is 1.52.